The number of H-pyrrole nitrogens is 1. The third-order valence-electron chi connectivity index (χ3n) is 1.98. The molecule has 0 aliphatic rings. The predicted molar refractivity (Wildman–Crippen MR) is 56.0 cm³/mol. The summed E-state index contributed by atoms with van der Waals surface area (Å²) in [6.45, 7) is 1.01. The Morgan fingerprint density at radius 3 is 3.13 bits per heavy atom. The van der Waals surface area contributed by atoms with Gasteiger partial charge in [0.1, 0.15) is 5.82 Å². The Balaban J connectivity index is 2.20. The lowest BCUT2D eigenvalue weighted by molar-refractivity contribution is -0.121. The molecule has 1 aromatic heterocycles. The first-order valence-corrected chi connectivity index (χ1v) is 4.77. The van der Waals surface area contributed by atoms with Gasteiger partial charge in [0.15, 0.2) is 0 Å². The van der Waals surface area contributed by atoms with E-state index in [4.69, 9.17) is 10.5 Å². The van der Waals surface area contributed by atoms with Crippen LogP contribution in [0.3, 0.4) is 0 Å². The summed E-state index contributed by atoms with van der Waals surface area (Å²) in [6.07, 6.45) is 2.79. The zero-order chi connectivity index (χ0) is 11.1. The monoisotopic (exact) mass is 212 g/mol. The fourth-order valence-electron chi connectivity index (χ4n) is 1.12. The van der Waals surface area contributed by atoms with E-state index in [0.29, 0.717) is 25.4 Å². The van der Waals surface area contributed by atoms with Crippen molar-refractivity contribution in [2.24, 2.45) is 0 Å². The molecule has 0 atom stereocenters. The number of nitrogens with two attached hydrogens (primary N) is 1. The number of aromatic nitrogens is 2. The number of methoxy groups -OCH3 is 1. The smallest absolute Gasteiger partial charge is 0.220 e. The van der Waals surface area contributed by atoms with Gasteiger partial charge in [-0.3, -0.25) is 9.89 Å². The van der Waals surface area contributed by atoms with E-state index in [9.17, 15) is 4.79 Å². The largest absolute Gasteiger partial charge is 0.385 e. The average molecular weight is 212 g/mol. The molecule has 0 unspecified atom stereocenters. The van der Waals surface area contributed by atoms with Crippen LogP contribution >= 0.6 is 0 Å². The maximum absolute atomic E-state index is 11.3. The molecule has 15 heavy (non-hydrogen) atoms. The van der Waals surface area contributed by atoms with Crippen molar-refractivity contribution >= 4 is 11.7 Å². The molecule has 0 aliphatic carbocycles. The standard InChI is InChI=1S/C9H16N4O2/c1-15-4-2-3-8(14)11-5-7-6-12-13-9(7)10/h6H,2-5H2,1H3,(H,11,14)(H3,10,12,13). The maximum Gasteiger partial charge on any atom is 0.220 e. The maximum atomic E-state index is 11.3. The number of nitrogens with zero attached hydrogens (tertiary/aromatic N) is 1. The summed E-state index contributed by atoms with van der Waals surface area (Å²) in [7, 11) is 1.62. The van der Waals surface area contributed by atoms with E-state index in [1.165, 1.54) is 0 Å². The van der Waals surface area contributed by atoms with Crippen LogP contribution in [0.15, 0.2) is 6.20 Å². The third kappa shape index (κ3) is 3.99. The fraction of sp³-hybridized carbons (Fsp3) is 0.556. The lowest BCUT2D eigenvalue weighted by Crippen LogP contribution is -2.22. The van der Waals surface area contributed by atoms with Gasteiger partial charge >= 0.3 is 0 Å². The second-order valence-corrected chi connectivity index (χ2v) is 3.18. The summed E-state index contributed by atoms with van der Waals surface area (Å²) in [5, 5.41) is 9.11. The molecule has 6 nitrogen and oxygen atoms in total. The van der Waals surface area contributed by atoms with E-state index >= 15 is 0 Å². The first-order valence-electron chi connectivity index (χ1n) is 4.77. The summed E-state index contributed by atoms with van der Waals surface area (Å²) in [6, 6.07) is 0. The quantitative estimate of drug-likeness (QED) is 0.580. The van der Waals surface area contributed by atoms with E-state index in [2.05, 4.69) is 15.5 Å². The minimum absolute atomic E-state index is 0.00681. The van der Waals surface area contributed by atoms with E-state index in [-0.39, 0.29) is 5.91 Å². The van der Waals surface area contributed by atoms with Crippen LogP contribution in [0.5, 0.6) is 0 Å². The molecule has 0 aromatic carbocycles. The normalized spacial score (nSPS) is 10.2. The Hall–Kier alpha value is -1.56. The summed E-state index contributed by atoms with van der Waals surface area (Å²) in [5.74, 6) is 0.486. The highest BCUT2D eigenvalue weighted by Gasteiger charge is 2.04. The molecular weight excluding hydrogens is 196 g/mol. The van der Waals surface area contributed by atoms with Gasteiger partial charge in [0.05, 0.1) is 6.20 Å². The number of hydrogen-bond donors (Lipinski definition) is 3. The van der Waals surface area contributed by atoms with Gasteiger partial charge in [-0.25, -0.2) is 0 Å². The molecular formula is C9H16N4O2. The van der Waals surface area contributed by atoms with Crippen molar-refractivity contribution in [1.29, 1.82) is 0 Å². The van der Waals surface area contributed by atoms with E-state index in [1.54, 1.807) is 13.3 Å². The average Bonchev–Trinajstić information content (AvgIpc) is 2.61. The lowest BCUT2D eigenvalue weighted by Gasteiger charge is -2.03. The van der Waals surface area contributed by atoms with Crippen LogP contribution in [0.2, 0.25) is 0 Å². The molecule has 1 heterocycles. The van der Waals surface area contributed by atoms with Crippen LogP contribution in [-0.4, -0.2) is 29.8 Å². The van der Waals surface area contributed by atoms with Gasteiger partial charge in [-0.05, 0) is 6.42 Å². The summed E-state index contributed by atoms with van der Waals surface area (Å²) >= 11 is 0. The topological polar surface area (TPSA) is 93.0 Å². The second-order valence-electron chi connectivity index (χ2n) is 3.18. The van der Waals surface area contributed by atoms with Crippen LogP contribution < -0.4 is 11.1 Å². The number of aromatic amines is 1. The Morgan fingerprint density at radius 1 is 1.73 bits per heavy atom. The van der Waals surface area contributed by atoms with Crippen LogP contribution in [0.25, 0.3) is 0 Å². The van der Waals surface area contributed by atoms with Crippen LogP contribution in [0.1, 0.15) is 18.4 Å². The van der Waals surface area contributed by atoms with Crippen molar-refractivity contribution in [1.82, 2.24) is 15.5 Å². The molecule has 0 radical (unpaired) electrons. The molecule has 1 rings (SSSR count). The molecule has 84 valence electrons. The van der Waals surface area contributed by atoms with Crippen LogP contribution in [-0.2, 0) is 16.1 Å². The first kappa shape index (κ1) is 11.5. The van der Waals surface area contributed by atoms with Gasteiger partial charge in [0.25, 0.3) is 0 Å². The Kier molecular flexibility index (Phi) is 4.62. The zero-order valence-corrected chi connectivity index (χ0v) is 8.75. The minimum Gasteiger partial charge on any atom is -0.385 e. The number of rotatable bonds is 6. The van der Waals surface area contributed by atoms with E-state index in [1.807, 2.05) is 0 Å². The second kappa shape index (κ2) is 6.02. The van der Waals surface area contributed by atoms with Crippen molar-refractivity contribution in [3.63, 3.8) is 0 Å². The highest BCUT2D eigenvalue weighted by Crippen LogP contribution is 2.04. The zero-order valence-electron chi connectivity index (χ0n) is 8.75. The van der Waals surface area contributed by atoms with Gasteiger partial charge in [0, 0.05) is 32.2 Å². The molecule has 0 fully saturated rings. The van der Waals surface area contributed by atoms with Gasteiger partial charge in [-0.2, -0.15) is 5.10 Å². The molecule has 0 saturated carbocycles. The summed E-state index contributed by atoms with van der Waals surface area (Å²) < 4.78 is 4.85. The Labute approximate surface area is 88.2 Å². The highest BCUT2D eigenvalue weighted by molar-refractivity contribution is 5.75. The van der Waals surface area contributed by atoms with E-state index < -0.39 is 0 Å². The number of amides is 1. The van der Waals surface area contributed by atoms with Crippen LogP contribution in [0.4, 0.5) is 5.82 Å². The van der Waals surface area contributed by atoms with Crippen molar-refractivity contribution in [3.8, 4) is 0 Å². The SMILES string of the molecule is COCCCC(=O)NCc1cn[nH]c1N. The third-order valence-corrected chi connectivity index (χ3v) is 1.98. The van der Waals surface area contributed by atoms with Crippen molar-refractivity contribution in [3.05, 3.63) is 11.8 Å². The number of nitrogens with one attached hydrogen (secondary N) is 2. The highest BCUT2D eigenvalue weighted by atomic mass is 16.5. The fourth-order valence-corrected chi connectivity index (χ4v) is 1.12. The Morgan fingerprint density at radius 2 is 2.53 bits per heavy atom. The molecule has 0 saturated heterocycles. The Bertz CT molecular complexity index is 311. The first-order chi connectivity index (χ1) is 7.24. The van der Waals surface area contributed by atoms with Crippen molar-refractivity contribution in [2.45, 2.75) is 19.4 Å². The number of ether oxygens (including phenoxy) is 1. The lowest BCUT2D eigenvalue weighted by atomic mass is 10.3. The molecule has 0 spiro atoms. The van der Waals surface area contributed by atoms with Gasteiger partial charge < -0.3 is 15.8 Å². The molecule has 6 heteroatoms. The van der Waals surface area contributed by atoms with Gasteiger partial charge in [-0.1, -0.05) is 0 Å². The predicted octanol–water partition coefficient (Wildman–Crippen LogP) is 0.0347. The number of anilines is 1. The number of hydrogen-bond acceptors (Lipinski definition) is 4. The molecule has 0 bridgehead atoms. The van der Waals surface area contributed by atoms with Crippen molar-refractivity contribution < 1.29 is 9.53 Å². The van der Waals surface area contributed by atoms with Crippen LogP contribution in [0, 0.1) is 0 Å². The minimum atomic E-state index is -0.00681. The number of nitrogen functional groups attached to an aromatic ring is 1. The van der Waals surface area contributed by atoms with Gasteiger partial charge in [0.2, 0.25) is 5.91 Å². The summed E-state index contributed by atoms with van der Waals surface area (Å²) in [4.78, 5) is 11.3. The molecule has 1 aromatic rings. The number of carbonyl (C=O) groups is 1. The summed E-state index contributed by atoms with van der Waals surface area (Å²) in [5.41, 5.74) is 6.36. The number of carbonyl (C=O) groups excluding carboxylic acids is 1. The molecule has 0 aliphatic heterocycles. The molecule has 4 N–H and O–H groups in total. The molecule has 1 amide bonds. The van der Waals surface area contributed by atoms with Crippen molar-refractivity contribution in [2.75, 3.05) is 19.5 Å². The van der Waals surface area contributed by atoms with Gasteiger partial charge in [-0.15, -0.1) is 0 Å². The van der Waals surface area contributed by atoms with E-state index in [0.717, 1.165) is 12.0 Å².